The van der Waals surface area contributed by atoms with Crippen molar-refractivity contribution in [3.05, 3.63) is 222 Å². The average molecular weight is 774 g/mol. The first-order valence-corrected chi connectivity index (χ1v) is 20.8. The summed E-state index contributed by atoms with van der Waals surface area (Å²) in [5.41, 5.74) is 17.5. The van der Waals surface area contributed by atoms with Crippen LogP contribution in [0.25, 0.3) is 67.3 Å². The molecule has 2 heterocycles. The van der Waals surface area contributed by atoms with Gasteiger partial charge >= 0.3 is 0 Å². The number of aryl methyl sites for hydroxylation is 1. The summed E-state index contributed by atoms with van der Waals surface area (Å²) >= 11 is 0. The van der Waals surface area contributed by atoms with Crippen LogP contribution in [-0.2, 0) is 5.41 Å². The van der Waals surface area contributed by atoms with Gasteiger partial charge in [-0.2, -0.15) is 0 Å². The van der Waals surface area contributed by atoms with E-state index < -0.39 is 0 Å². The van der Waals surface area contributed by atoms with Crippen molar-refractivity contribution < 1.29 is 2.74 Å². The molecule has 288 valence electrons. The third kappa shape index (κ3) is 5.65. The van der Waals surface area contributed by atoms with Crippen molar-refractivity contribution >= 4 is 61.9 Å². The monoisotopic (exact) mass is 773 g/mol. The minimum atomic E-state index is -0.285. The molecular formula is C57H45N3. The zero-order valence-electron chi connectivity index (χ0n) is 36.2. The van der Waals surface area contributed by atoms with E-state index in [1.807, 2.05) is 24.3 Å². The van der Waals surface area contributed by atoms with Crippen molar-refractivity contribution in [1.29, 1.82) is 0 Å². The van der Waals surface area contributed by atoms with Crippen LogP contribution in [0.3, 0.4) is 0 Å². The number of rotatable bonds is 7. The molecule has 1 aliphatic rings. The van der Waals surface area contributed by atoms with Crippen molar-refractivity contribution in [3.63, 3.8) is 0 Å². The Morgan fingerprint density at radius 2 is 1.02 bits per heavy atom. The second-order valence-electron chi connectivity index (χ2n) is 16.5. The van der Waals surface area contributed by atoms with Crippen molar-refractivity contribution in [1.82, 2.24) is 9.13 Å². The van der Waals surface area contributed by atoms with Crippen LogP contribution in [0.15, 0.2) is 188 Å². The molecule has 0 fully saturated rings. The number of nitrogens with zero attached hydrogens (tertiary/aromatic N) is 3. The van der Waals surface area contributed by atoms with Gasteiger partial charge in [0, 0.05) is 55.7 Å². The fraction of sp³-hybridized carbons (Fsp3) is 0.0877. The molecule has 60 heavy (non-hydrogen) atoms. The molecule has 0 radical (unpaired) electrons. The zero-order valence-corrected chi connectivity index (χ0v) is 34.2. The van der Waals surface area contributed by atoms with Gasteiger partial charge in [-0.1, -0.05) is 129 Å². The quantitative estimate of drug-likeness (QED) is 0.147. The molecule has 10 aromatic rings. The lowest BCUT2D eigenvalue weighted by Gasteiger charge is -2.25. The highest BCUT2D eigenvalue weighted by atomic mass is 15.1. The largest absolute Gasteiger partial charge is 0.314 e. The van der Waals surface area contributed by atoms with Crippen molar-refractivity contribution in [3.8, 4) is 22.5 Å². The highest BCUT2D eigenvalue weighted by Gasteiger charge is 2.36. The second kappa shape index (κ2) is 13.9. The van der Waals surface area contributed by atoms with Gasteiger partial charge in [-0.15, -0.1) is 0 Å². The molecule has 1 aliphatic carbocycles. The van der Waals surface area contributed by atoms with Crippen LogP contribution >= 0.6 is 0 Å². The maximum atomic E-state index is 9.37. The molecule has 0 N–H and O–H groups in total. The summed E-state index contributed by atoms with van der Waals surface area (Å²) in [6.45, 7) is 9.00. The molecular weight excluding hydrogens is 727 g/mol. The maximum absolute atomic E-state index is 9.37. The molecule has 11 rings (SSSR count). The van der Waals surface area contributed by atoms with E-state index in [4.69, 9.17) is 0 Å². The first-order chi connectivity index (χ1) is 30.2. The summed E-state index contributed by atoms with van der Waals surface area (Å²) in [4.78, 5) is 2.26. The van der Waals surface area contributed by atoms with E-state index in [1.54, 1.807) is 0 Å². The third-order valence-corrected chi connectivity index (χ3v) is 12.7. The Morgan fingerprint density at radius 1 is 0.450 bits per heavy atom. The summed E-state index contributed by atoms with van der Waals surface area (Å²) in [7, 11) is 0. The molecule has 3 heteroatoms. The lowest BCUT2D eigenvalue weighted by molar-refractivity contribution is 0.660. The maximum Gasteiger partial charge on any atom is 0.0629 e. The van der Waals surface area contributed by atoms with Crippen LogP contribution in [0.5, 0.6) is 0 Å². The number of benzene rings is 8. The van der Waals surface area contributed by atoms with Gasteiger partial charge in [0.2, 0.25) is 0 Å². The predicted molar refractivity (Wildman–Crippen MR) is 255 cm³/mol. The summed E-state index contributed by atoms with van der Waals surface area (Å²) in [5, 5.41) is 3.64. The van der Waals surface area contributed by atoms with Crippen molar-refractivity contribution in [2.75, 3.05) is 4.90 Å². The van der Waals surface area contributed by atoms with Crippen LogP contribution in [-0.4, -0.2) is 9.13 Å². The lowest BCUT2D eigenvalue weighted by Crippen LogP contribution is -2.15. The first kappa shape index (κ1) is 33.6. The first-order valence-electron chi connectivity index (χ1n) is 21.8. The molecule has 3 nitrogen and oxygen atoms in total. The topological polar surface area (TPSA) is 13.1 Å². The van der Waals surface area contributed by atoms with Crippen LogP contribution in [0.4, 0.5) is 17.1 Å². The van der Waals surface area contributed by atoms with E-state index in [2.05, 4.69) is 206 Å². The van der Waals surface area contributed by atoms with Gasteiger partial charge in [-0.25, -0.2) is 0 Å². The number of fused-ring (bicyclic) bond motifs is 7. The van der Waals surface area contributed by atoms with Gasteiger partial charge in [0.15, 0.2) is 0 Å². The van der Waals surface area contributed by atoms with Crippen molar-refractivity contribution in [2.45, 2.75) is 33.1 Å². The minimum absolute atomic E-state index is 0.194. The summed E-state index contributed by atoms with van der Waals surface area (Å²) in [6.07, 6.45) is 0. The van der Waals surface area contributed by atoms with Gasteiger partial charge < -0.3 is 14.0 Å². The number of hydrogen-bond donors (Lipinski definition) is 0. The Hall–Kier alpha value is -7.36. The molecule has 0 bridgehead atoms. The predicted octanol–water partition coefficient (Wildman–Crippen LogP) is 15.3. The van der Waals surface area contributed by atoms with Crippen LogP contribution in [0.1, 0.15) is 50.1 Å². The standard InChI is InChI=1S/C57H45N3/c1-38-39(2)58(42-16-8-5-9-17-42)56-37-53-50(36-49(38)56)47-32-28-41(34-52(47)57(53,3)4)25-24-40-26-29-45(30-27-40)59(43-18-10-6-11-19-43)46-31-33-55-51(35-46)48-22-14-15-23-54(48)60(55)44-20-12-7-13-21-44/h5-37H,1-4H3/b25-24+/i24D,25D. The molecule has 0 amide bonds. The normalized spacial score (nSPS) is 13.9. The number of hydrogen-bond acceptors (Lipinski definition) is 1. The average Bonchev–Trinajstić information content (AvgIpc) is 3.86. The summed E-state index contributed by atoms with van der Waals surface area (Å²) in [6, 6.07) is 66.4. The van der Waals surface area contributed by atoms with Crippen molar-refractivity contribution in [2.24, 2.45) is 0 Å². The van der Waals surface area contributed by atoms with Gasteiger partial charge in [-0.3, -0.25) is 0 Å². The Balaban J connectivity index is 0.952. The number of para-hydroxylation sites is 4. The fourth-order valence-corrected chi connectivity index (χ4v) is 9.60. The Bertz CT molecular complexity index is 3390. The van der Waals surface area contributed by atoms with E-state index in [0.717, 1.165) is 39.5 Å². The Morgan fingerprint density at radius 3 is 1.75 bits per heavy atom. The third-order valence-electron chi connectivity index (χ3n) is 12.7. The fourth-order valence-electron chi connectivity index (χ4n) is 9.60. The Kier molecular flexibility index (Phi) is 7.78. The number of anilines is 3. The molecule has 0 saturated carbocycles. The van der Waals surface area contributed by atoms with E-state index in [9.17, 15) is 2.74 Å². The lowest BCUT2D eigenvalue weighted by atomic mass is 9.81. The van der Waals surface area contributed by atoms with Gasteiger partial charge in [0.25, 0.3) is 0 Å². The molecule has 0 spiro atoms. The SMILES string of the molecule is [2H]/C(=C(/[2H])c1ccc2c(c1)C(C)(C)c1cc3c(cc1-2)c(C)c(C)n3-c1ccccc1)c1ccc(N(c2ccccc2)c2ccc3c(c2)c2ccccc2n3-c2ccccc2)cc1. The van der Waals surface area contributed by atoms with E-state index in [1.165, 1.54) is 60.7 Å². The van der Waals surface area contributed by atoms with Gasteiger partial charge in [-0.05, 0) is 138 Å². The molecule has 0 saturated heterocycles. The highest BCUT2D eigenvalue weighted by molar-refractivity contribution is 6.10. The van der Waals surface area contributed by atoms with Gasteiger partial charge in [0.1, 0.15) is 0 Å². The van der Waals surface area contributed by atoms with E-state index in [0.29, 0.717) is 5.56 Å². The van der Waals surface area contributed by atoms with Crippen LogP contribution in [0, 0.1) is 13.8 Å². The molecule has 0 aliphatic heterocycles. The van der Waals surface area contributed by atoms with E-state index in [-0.39, 0.29) is 17.5 Å². The summed E-state index contributed by atoms with van der Waals surface area (Å²) in [5.74, 6) is 0. The van der Waals surface area contributed by atoms with Crippen LogP contribution < -0.4 is 4.90 Å². The smallest absolute Gasteiger partial charge is 0.0629 e. The molecule has 0 atom stereocenters. The summed E-state index contributed by atoms with van der Waals surface area (Å²) < 4.78 is 23.4. The minimum Gasteiger partial charge on any atom is -0.314 e. The molecule has 0 unspecified atom stereocenters. The molecule has 8 aromatic carbocycles. The van der Waals surface area contributed by atoms with E-state index >= 15 is 0 Å². The molecule has 2 aromatic heterocycles. The Labute approximate surface area is 354 Å². The zero-order chi connectivity index (χ0) is 42.3. The highest BCUT2D eigenvalue weighted by Crippen LogP contribution is 2.51. The number of aromatic nitrogens is 2. The second-order valence-corrected chi connectivity index (χ2v) is 16.5. The van der Waals surface area contributed by atoms with Crippen LogP contribution in [0.2, 0.25) is 0 Å². The van der Waals surface area contributed by atoms with Gasteiger partial charge in [0.05, 0.1) is 19.3 Å².